The van der Waals surface area contributed by atoms with Crippen LogP contribution in [0.25, 0.3) is 11.5 Å². The number of aryl methyl sites for hydroxylation is 2. The quantitative estimate of drug-likeness (QED) is 0.406. The first-order chi connectivity index (χ1) is 16.8. The highest BCUT2D eigenvalue weighted by molar-refractivity contribution is 5.89. The van der Waals surface area contributed by atoms with Crippen molar-refractivity contribution in [1.29, 1.82) is 0 Å². The van der Waals surface area contributed by atoms with Crippen LogP contribution in [0.1, 0.15) is 84.0 Å². The van der Waals surface area contributed by atoms with E-state index in [0.717, 1.165) is 42.7 Å². The van der Waals surface area contributed by atoms with Gasteiger partial charge in [-0.25, -0.2) is 4.98 Å². The van der Waals surface area contributed by atoms with Crippen molar-refractivity contribution < 1.29 is 23.8 Å². The summed E-state index contributed by atoms with van der Waals surface area (Å²) in [5, 5.41) is 11.5. The SMILES string of the molecule is Cc1cccc(CO[C@@H]2CCC[C@H](OCc3nc(-c4ccc(C(C)C)cc4)oc3C)C2)c1C(=O)[O-]. The van der Waals surface area contributed by atoms with Crippen molar-refractivity contribution in [2.75, 3.05) is 0 Å². The van der Waals surface area contributed by atoms with Gasteiger partial charge in [0.15, 0.2) is 0 Å². The van der Waals surface area contributed by atoms with E-state index in [1.54, 1.807) is 19.1 Å². The van der Waals surface area contributed by atoms with E-state index in [4.69, 9.17) is 13.9 Å². The molecular formula is C29H34NO5-. The Morgan fingerprint density at radius 2 is 1.74 bits per heavy atom. The maximum absolute atomic E-state index is 11.5. The van der Waals surface area contributed by atoms with E-state index in [-0.39, 0.29) is 24.4 Å². The second-order valence-electron chi connectivity index (χ2n) is 9.73. The lowest BCUT2D eigenvalue weighted by atomic mass is 9.94. The number of hydrogen-bond acceptors (Lipinski definition) is 6. The van der Waals surface area contributed by atoms with Crippen LogP contribution in [0.4, 0.5) is 0 Å². The molecule has 3 aromatic rings. The van der Waals surface area contributed by atoms with Crippen LogP contribution in [-0.2, 0) is 22.7 Å². The zero-order valence-corrected chi connectivity index (χ0v) is 21.0. The number of hydrogen-bond donors (Lipinski definition) is 0. The molecule has 2 atom stereocenters. The number of rotatable bonds is 9. The first-order valence-corrected chi connectivity index (χ1v) is 12.4. The molecule has 1 saturated carbocycles. The topological polar surface area (TPSA) is 84.6 Å². The molecule has 0 N–H and O–H groups in total. The molecule has 1 aliphatic carbocycles. The van der Waals surface area contributed by atoms with Gasteiger partial charge in [0.1, 0.15) is 11.5 Å². The average molecular weight is 477 g/mol. The zero-order chi connectivity index (χ0) is 24.9. The molecule has 1 aliphatic rings. The molecule has 6 nitrogen and oxygen atoms in total. The van der Waals surface area contributed by atoms with Crippen molar-refractivity contribution in [2.45, 2.75) is 84.7 Å². The third-order valence-corrected chi connectivity index (χ3v) is 6.79. The van der Waals surface area contributed by atoms with Gasteiger partial charge in [0.05, 0.1) is 31.4 Å². The second kappa shape index (κ2) is 11.2. The molecule has 2 aromatic carbocycles. The summed E-state index contributed by atoms with van der Waals surface area (Å²) in [5.41, 5.74) is 4.63. The van der Waals surface area contributed by atoms with Crippen LogP contribution in [0.2, 0.25) is 0 Å². The van der Waals surface area contributed by atoms with Gasteiger partial charge in [0.25, 0.3) is 0 Å². The number of ether oxygens (including phenoxy) is 2. The predicted octanol–water partition coefficient (Wildman–Crippen LogP) is 5.49. The van der Waals surface area contributed by atoms with Gasteiger partial charge in [-0.15, -0.1) is 0 Å². The lowest BCUT2D eigenvalue weighted by Crippen LogP contribution is -2.29. The van der Waals surface area contributed by atoms with Gasteiger partial charge in [0.2, 0.25) is 5.89 Å². The Bertz CT molecular complexity index is 1150. The summed E-state index contributed by atoms with van der Waals surface area (Å²) in [6.07, 6.45) is 3.77. The number of carbonyl (C=O) groups excluding carboxylic acids is 1. The van der Waals surface area contributed by atoms with Gasteiger partial charge in [-0.3, -0.25) is 0 Å². The Hall–Kier alpha value is -2.96. The molecule has 0 radical (unpaired) electrons. The molecule has 6 heteroatoms. The van der Waals surface area contributed by atoms with E-state index >= 15 is 0 Å². The summed E-state index contributed by atoms with van der Waals surface area (Å²) in [7, 11) is 0. The highest BCUT2D eigenvalue weighted by atomic mass is 16.5. The molecule has 0 amide bonds. The van der Waals surface area contributed by atoms with E-state index in [9.17, 15) is 9.90 Å². The van der Waals surface area contributed by atoms with E-state index < -0.39 is 5.97 Å². The third-order valence-electron chi connectivity index (χ3n) is 6.79. The summed E-state index contributed by atoms with van der Waals surface area (Å²) in [6, 6.07) is 13.7. The van der Waals surface area contributed by atoms with E-state index in [0.29, 0.717) is 29.5 Å². The highest BCUT2D eigenvalue weighted by Crippen LogP contribution is 2.28. The molecule has 35 heavy (non-hydrogen) atoms. The molecule has 1 aromatic heterocycles. The lowest BCUT2D eigenvalue weighted by molar-refractivity contribution is -0.255. The molecule has 4 rings (SSSR count). The lowest BCUT2D eigenvalue weighted by Gasteiger charge is -2.29. The van der Waals surface area contributed by atoms with Crippen LogP contribution in [0.5, 0.6) is 0 Å². The predicted molar refractivity (Wildman–Crippen MR) is 132 cm³/mol. The average Bonchev–Trinajstić information content (AvgIpc) is 3.22. The van der Waals surface area contributed by atoms with Gasteiger partial charge >= 0.3 is 0 Å². The van der Waals surface area contributed by atoms with Gasteiger partial charge in [-0.2, -0.15) is 0 Å². The van der Waals surface area contributed by atoms with Crippen LogP contribution in [0.15, 0.2) is 46.9 Å². The maximum atomic E-state index is 11.5. The van der Waals surface area contributed by atoms with Crippen LogP contribution in [0, 0.1) is 13.8 Å². The number of aromatic carboxylic acids is 1. The standard InChI is InChI=1S/C29H35NO5/c1-18(2)21-11-13-22(14-12-21)28-30-26(20(4)35-28)17-34-25-10-6-9-24(15-25)33-16-23-8-5-7-19(3)27(23)29(31)32/h5,7-8,11-14,18,24-25H,6,9-10,15-17H2,1-4H3,(H,31,32)/p-1/t24-,25+/m1/s1. The molecular weight excluding hydrogens is 442 g/mol. The fraction of sp³-hybridized carbons (Fsp3) is 0.448. The van der Waals surface area contributed by atoms with Crippen LogP contribution in [0.3, 0.4) is 0 Å². The number of benzene rings is 2. The van der Waals surface area contributed by atoms with Crippen LogP contribution in [-0.4, -0.2) is 23.2 Å². The molecule has 1 fully saturated rings. The van der Waals surface area contributed by atoms with Gasteiger partial charge in [0, 0.05) is 11.1 Å². The summed E-state index contributed by atoms with van der Waals surface area (Å²) >= 11 is 0. The van der Waals surface area contributed by atoms with Crippen molar-refractivity contribution in [3.63, 3.8) is 0 Å². The Kier molecular flexibility index (Phi) is 8.04. The van der Waals surface area contributed by atoms with Crippen molar-refractivity contribution in [3.05, 3.63) is 76.2 Å². The van der Waals surface area contributed by atoms with E-state index in [1.807, 2.05) is 25.1 Å². The van der Waals surface area contributed by atoms with Gasteiger partial charge in [-0.05, 0) is 74.3 Å². The largest absolute Gasteiger partial charge is 0.545 e. The van der Waals surface area contributed by atoms with Crippen molar-refractivity contribution in [1.82, 2.24) is 4.98 Å². The molecule has 0 aliphatic heterocycles. The molecule has 186 valence electrons. The molecule has 1 heterocycles. The summed E-state index contributed by atoms with van der Waals surface area (Å²) in [6.45, 7) is 8.69. The molecule has 0 bridgehead atoms. The van der Waals surface area contributed by atoms with Crippen molar-refractivity contribution in [3.8, 4) is 11.5 Å². The maximum Gasteiger partial charge on any atom is 0.226 e. The first-order valence-electron chi connectivity index (χ1n) is 12.4. The number of aromatic nitrogens is 1. The van der Waals surface area contributed by atoms with Crippen molar-refractivity contribution in [2.24, 2.45) is 0 Å². The number of carbonyl (C=O) groups is 1. The van der Waals surface area contributed by atoms with Gasteiger partial charge < -0.3 is 23.8 Å². The number of carboxylic acids is 1. The highest BCUT2D eigenvalue weighted by Gasteiger charge is 2.24. The minimum absolute atomic E-state index is 0.0253. The summed E-state index contributed by atoms with van der Waals surface area (Å²) in [5.74, 6) is 0.703. The monoisotopic (exact) mass is 476 g/mol. The third kappa shape index (κ3) is 6.19. The molecule has 0 saturated heterocycles. The summed E-state index contributed by atoms with van der Waals surface area (Å²) < 4.78 is 18.2. The van der Waals surface area contributed by atoms with E-state index in [1.165, 1.54) is 5.56 Å². The Balaban J connectivity index is 1.32. The normalized spacial score (nSPS) is 18.2. The Labute approximate surface area is 207 Å². The minimum atomic E-state index is -1.16. The summed E-state index contributed by atoms with van der Waals surface area (Å²) in [4.78, 5) is 16.2. The molecule has 0 spiro atoms. The fourth-order valence-corrected chi connectivity index (χ4v) is 4.65. The number of carboxylic acid groups (broad SMARTS) is 1. The van der Waals surface area contributed by atoms with Crippen molar-refractivity contribution >= 4 is 5.97 Å². The molecule has 0 unspecified atom stereocenters. The smallest absolute Gasteiger partial charge is 0.226 e. The number of oxazole rings is 1. The fourth-order valence-electron chi connectivity index (χ4n) is 4.65. The minimum Gasteiger partial charge on any atom is -0.545 e. The Morgan fingerprint density at radius 1 is 1.06 bits per heavy atom. The Morgan fingerprint density at radius 3 is 2.40 bits per heavy atom. The zero-order valence-electron chi connectivity index (χ0n) is 21.0. The van der Waals surface area contributed by atoms with E-state index in [2.05, 4.69) is 31.0 Å². The van der Waals surface area contributed by atoms with Crippen LogP contribution >= 0.6 is 0 Å². The first kappa shape index (κ1) is 25.1. The second-order valence-corrected chi connectivity index (χ2v) is 9.73. The van der Waals surface area contributed by atoms with Gasteiger partial charge in [-0.1, -0.05) is 44.2 Å². The van der Waals surface area contributed by atoms with Crippen LogP contribution < -0.4 is 5.11 Å². The number of nitrogens with zero attached hydrogens (tertiary/aromatic N) is 1.